The van der Waals surface area contributed by atoms with Crippen molar-refractivity contribution in [3.63, 3.8) is 0 Å². The van der Waals surface area contributed by atoms with Gasteiger partial charge in [-0.3, -0.25) is 4.55 Å². The molecule has 11 heteroatoms. The minimum atomic E-state index is -4.81. The highest BCUT2D eigenvalue weighted by molar-refractivity contribution is 7.86. The Balaban J connectivity index is 2.65. The average molecular weight is 386 g/mol. The third-order valence-corrected chi connectivity index (χ3v) is 4.45. The number of carbonyl (C=O) groups is 1. The zero-order chi connectivity index (χ0) is 19.8. The number of aromatic carboxylic acids is 1. The molecule has 2 aromatic carbocycles. The molecule has 0 bridgehead atoms. The van der Waals surface area contributed by atoms with Gasteiger partial charge in [0.2, 0.25) is 0 Å². The smallest absolute Gasteiger partial charge is 0.339 e. The van der Waals surface area contributed by atoms with Crippen LogP contribution in [0.15, 0.2) is 29.2 Å². The Hall–Kier alpha value is -3.02. The predicted octanol–water partition coefficient (Wildman–Crippen LogP) is 1.19. The Morgan fingerprint density at radius 1 is 0.923 bits per heavy atom. The molecule has 0 heterocycles. The lowest BCUT2D eigenvalue weighted by atomic mass is 9.97. The van der Waals surface area contributed by atoms with Crippen LogP contribution < -0.4 is 0 Å². The van der Waals surface area contributed by atoms with Gasteiger partial charge < -0.3 is 30.3 Å². The molecule has 0 saturated carbocycles. The fourth-order valence-electron chi connectivity index (χ4n) is 2.39. The van der Waals surface area contributed by atoms with E-state index in [1.165, 1.54) is 0 Å². The maximum atomic E-state index is 11.2. The number of hydrogen-bond acceptors (Lipinski definition) is 8. The molecule has 6 N–H and O–H groups in total. The molecule has 0 spiro atoms. The van der Waals surface area contributed by atoms with Gasteiger partial charge in [0.05, 0.1) is 0 Å². The molecule has 140 valence electrons. The molecule has 0 amide bonds. The summed E-state index contributed by atoms with van der Waals surface area (Å²) in [6.45, 7) is 0. The Labute approximate surface area is 146 Å². The fraction of sp³-hybridized carbons (Fsp3) is 0.133. The molecule has 26 heavy (non-hydrogen) atoms. The third-order valence-electron chi connectivity index (χ3n) is 3.56. The molecule has 0 aliphatic carbocycles. The lowest BCUT2D eigenvalue weighted by Gasteiger charge is -2.20. The van der Waals surface area contributed by atoms with E-state index in [0.29, 0.717) is 6.07 Å². The lowest BCUT2D eigenvalue weighted by molar-refractivity contribution is 0.0692. The SMILES string of the molecule is COC(c1cc(O)c(C(=O)O)cc1O)c1cc(O)c(S(=O)(=O)O)cc1O. The first-order valence-electron chi connectivity index (χ1n) is 6.82. The molecule has 2 aromatic rings. The van der Waals surface area contributed by atoms with Crippen molar-refractivity contribution in [3.8, 4) is 23.0 Å². The van der Waals surface area contributed by atoms with Gasteiger partial charge in [0.25, 0.3) is 10.1 Å². The minimum absolute atomic E-state index is 0.163. The topological polar surface area (TPSA) is 182 Å². The van der Waals surface area contributed by atoms with Crippen LogP contribution >= 0.6 is 0 Å². The summed E-state index contributed by atoms with van der Waals surface area (Å²) >= 11 is 0. The van der Waals surface area contributed by atoms with Crippen molar-refractivity contribution >= 4 is 16.1 Å². The number of phenolic OH excluding ortho intramolecular Hbond substituents is 3. The summed E-state index contributed by atoms with van der Waals surface area (Å²) in [5.41, 5.74) is -0.950. The average Bonchev–Trinajstić information content (AvgIpc) is 2.52. The van der Waals surface area contributed by atoms with Crippen LogP contribution in [-0.2, 0) is 14.9 Å². The van der Waals surface area contributed by atoms with Crippen molar-refractivity contribution in [2.75, 3.05) is 7.11 Å². The summed E-state index contributed by atoms with van der Waals surface area (Å²) in [7, 11) is -3.65. The van der Waals surface area contributed by atoms with Gasteiger partial charge in [-0.05, 0) is 18.2 Å². The molecule has 0 fully saturated rings. The van der Waals surface area contributed by atoms with Gasteiger partial charge in [-0.2, -0.15) is 8.42 Å². The van der Waals surface area contributed by atoms with E-state index in [2.05, 4.69) is 0 Å². The zero-order valence-corrected chi connectivity index (χ0v) is 13.9. The molecule has 2 rings (SSSR count). The molecular weight excluding hydrogens is 372 g/mol. The van der Waals surface area contributed by atoms with Crippen LogP contribution in [-0.4, -0.2) is 51.6 Å². The quantitative estimate of drug-likeness (QED) is 0.322. The Bertz CT molecular complexity index is 980. The standard InChI is InChI=1S/C15H14O10S/c1-25-14(6-2-10(17)8(15(20)21)4-9(6)16)7-3-12(19)13(5-11(7)18)26(22,23)24/h2-5,14,16-19H,1H3,(H,20,21)(H,22,23,24). The van der Waals surface area contributed by atoms with E-state index in [4.69, 9.17) is 14.4 Å². The maximum absolute atomic E-state index is 11.2. The molecule has 0 aliphatic heterocycles. The number of ether oxygens (including phenoxy) is 1. The summed E-state index contributed by atoms with van der Waals surface area (Å²) in [6, 6.07) is 3.02. The Kier molecular flexibility index (Phi) is 4.98. The number of hydrogen-bond donors (Lipinski definition) is 6. The summed E-state index contributed by atoms with van der Waals surface area (Å²) in [4.78, 5) is 10.0. The Morgan fingerprint density at radius 2 is 1.42 bits per heavy atom. The van der Waals surface area contributed by atoms with Crippen molar-refractivity contribution in [3.05, 3.63) is 41.0 Å². The number of carboxylic acids is 1. The van der Waals surface area contributed by atoms with E-state index < -0.39 is 55.6 Å². The van der Waals surface area contributed by atoms with Gasteiger partial charge in [-0.25, -0.2) is 4.79 Å². The molecule has 10 nitrogen and oxygen atoms in total. The first kappa shape index (κ1) is 19.3. The van der Waals surface area contributed by atoms with Gasteiger partial charge >= 0.3 is 5.97 Å². The lowest BCUT2D eigenvalue weighted by Crippen LogP contribution is -2.07. The summed E-state index contributed by atoms with van der Waals surface area (Å²) in [5.74, 6) is -4.37. The first-order chi connectivity index (χ1) is 12.0. The maximum Gasteiger partial charge on any atom is 0.339 e. The van der Waals surface area contributed by atoms with Crippen LogP contribution in [0.25, 0.3) is 0 Å². The van der Waals surface area contributed by atoms with Crippen LogP contribution in [0.1, 0.15) is 27.6 Å². The van der Waals surface area contributed by atoms with Gasteiger partial charge in [0, 0.05) is 24.3 Å². The molecule has 0 aromatic heterocycles. The van der Waals surface area contributed by atoms with E-state index in [1.54, 1.807) is 0 Å². The van der Waals surface area contributed by atoms with Crippen molar-refractivity contribution in [1.29, 1.82) is 0 Å². The highest BCUT2D eigenvalue weighted by atomic mass is 32.2. The molecular formula is C15H14O10S. The number of phenols is 4. The summed E-state index contributed by atoms with van der Waals surface area (Å²) < 4.78 is 36.4. The fourth-order valence-corrected chi connectivity index (χ4v) is 2.97. The molecule has 0 saturated heterocycles. The largest absolute Gasteiger partial charge is 0.508 e. The highest BCUT2D eigenvalue weighted by Gasteiger charge is 2.27. The second-order valence-corrected chi connectivity index (χ2v) is 6.59. The number of methoxy groups -OCH3 is 1. The van der Waals surface area contributed by atoms with E-state index in [-0.39, 0.29) is 11.1 Å². The number of benzene rings is 2. The van der Waals surface area contributed by atoms with Gasteiger partial charge in [0.1, 0.15) is 39.6 Å². The van der Waals surface area contributed by atoms with Crippen LogP contribution in [0.4, 0.5) is 0 Å². The number of carboxylic acid groups (broad SMARTS) is 1. The van der Waals surface area contributed by atoms with Crippen molar-refractivity contribution in [2.45, 2.75) is 11.0 Å². The van der Waals surface area contributed by atoms with Crippen LogP contribution in [0.3, 0.4) is 0 Å². The van der Waals surface area contributed by atoms with E-state index >= 15 is 0 Å². The molecule has 0 aliphatic rings. The van der Waals surface area contributed by atoms with Crippen LogP contribution in [0.5, 0.6) is 23.0 Å². The summed E-state index contributed by atoms with van der Waals surface area (Å²) in [5, 5.41) is 48.6. The van der Waals surface area contributed by atoms with Gasteiger partial charge in [-0.15, -0.1) is 0 Å². The second-order valence-electron chi connectivity index (χ2n) is 5.20. The molecule has 1 atom stereocenters. The van der Waals surface area contributed by atoms with Crippen LogP contribution in [0, 0.1) is 0 Å². The van der Waals surface area contributed by atoms with Gasteiger partial charge in [-0.1, -0.05) is 0 Å². The van der Waals surface area contributed by atoms with Crippen molar-refractivity contribution < 1.29 is 48.0 Å². The highest BCUT2D eigenvalue weighted by Crippen LogP contribution is 2.42. The second kappa shape index (κ2) is 6.71. The number of rotatable bonds is 5. The zero-order valence-electron chi connectivity index (χ0n) is 13.1. The summed E-state index contributed by atoms with van der Waals surface area (Å²) in [6.07, 6.45) is -1.31. The predicted molar refractivity (Wildman–Crippen MR) is 85.2 cm³/mol. The normalized spacial score (nSPS) is 12.7. The van der Waals surface area contributed by atoms with Crippen molar-refractivity contribution in [1.82, 2.24) is 0 Å². The van der Waals surface area contributed by atoms with Crippen molar-refractivity contribution in [2.24, 2.45) is 0 Å². The van der Waals surface area contributed by atoms with E-state index in [0.717, 1.165) is 25.3 Å². The third kappa shape index (κ3) is 3.49. The molecule has 0 radical (unpaired) electrons. The van der Waals surface area contributed by atoms with E-state index in [1.807, 2.05) is 0 Å². The molecule has 1 unspecified atom stereocenters. The van der Waals surface area contributed by atoms with E-state index in [9.17, 15) is 33.6 Å². The number of aromatic hydroxyl groups is 4. The Morgan fingerprint density at radius 3 is 1.88 bits per heavy atom. The first-order valence-corrected chi connectivity index (χ1v) is 8.26. The minimum Gasteiger partial charge on any atom is -0.508 e. The van der Waals surface area contributed by atoms with Crippen LogP contribution in [0.2, 0.25) is 0 Å². The van der Waals surface area contributed by atoms with Gasteiger partial charge in [0.15, 0.2) is 0 Å². The monoisotopic (exact) mass is 386 g/mol.